The van der Waals surface area contributed by atoms with Gasteiger partial charge in [0.1, 0.15) is 0 Å². The second kappa shape index (κ2) is 16.4. The molecule has 0 saturated carbocycles. The van der Waals surface area contributed by atoms with Gasteiger partial charge in [-0.3, -0.25) is 9.59 Å². The molecule has 0 heterocycles. The number of unbranched alkanes of at least 4 members (excludes halogenated alkanes) is 2. The number of hydrogen-bond acceptors (Lipinski definition) is 10. The summed E-state index contributed by atoms with van der Waals surface area (Å²) in [6.07, 6.45) is 5.42. The van der Waals surface area contributed by atoms with Gasteiger partial charge in [0.25, 0.3) is 0 Å². The van der Waals surface area contributed by atoms with E-state index < -0.39 is 0 Å². The Morgan fingerprint density at radius 3 is 1.31 bits per heavy atom. The zero-order chi connectivity index (χ0) is 28.6. The highest BCUT2D eigenvalue weighted by atomic mass is 16.5. The van der Waals surface area contributed by atoms with Gasteiger partial charge in [-0.2, -0.15) is 10.2 Å². The van der Waals surface area contributed by atoms with E-state index in [0.717, 1.165) is 0 Å². The average molecular weight is 545 g/mol. The van der Waals surface area contributed by atoms with Crippen LogP contribution in [-0.4, -0.2) is 66.9 Å². The van der Waals surface area contributed by atoms with E-state index in [4.69, 9.17) is 28.4 Å². The van der Waals surface area contributed by atoms with Gasteiger partial charge in [-0.05, 0) is 37.1 Å². The number of hydrogen-bond donors (Lipinski definition) is 2. The molecule has 0 atom stereocenters. The van der Waals surface area contributed by atoms with Crippen molar-refractivity contribution in [3.8, 4) is 34.5 Å². The molecule has 0 aliphatic carbocycles. The Bertz CT molecular complexity index is 1080. The fourth-order valence-corrected chi connectivity index (χ4v) is 3.66. The van der Waals surface area contributed by atoms with Crippen LogP contribution in [0.5, 0.6) is 34.5 Å². The Morgan fingerprint density at radius 2 is 0.974 bits per heavy atom. The van der Waals surface area contributed by atoms with Gasteiger partial charge in [0.15, 0.2) is 23.0 Å². The first-order valence-electron chi connectivity index (χ1n) is 12.2. The molecule has 0 aromatic heterocycles. The summed E-state index contributed by atoms with van der Waals surface area (Å²) >= 11 is 0. The molecule has 0 bridgehead atoms. The number of benzene rings is 2. The summed E-state index contributed by atoms with van der Waals surface area (Å²) in [7, 11) is 9.11. The molecule has 0 fully saturated rings. The highest BCUT2D eigenvalue weighted by molar-refractivity contribution is 5.88. The van der Waals surface area contributed by atoms with E-state index >= 15 is 0 Å². The SMILES string of the molecule is COc1ccc(/C=N/NC(=O)CCCCCC(=O)N/N=C/c2ccc(OC)c(OC)c2OC)c(OC)c1OC. The van der Waals surface area contributed by atoms with Crippen molar-refractivity contribution in [2.24, 2.45) is 10.2 Å². The van der Waals surface area contributed by atoms with E-state index in [9.17, 15) is 9.59 Å². The summed E-state index contributed by atoms with van der Waals surface area (Å²) in [4.78, 5) is 24.2. The van der Waals surface area contributed by atoms with Crippen LogP contribution in [0.4, 0.5) is 0 Å². The predicted molar refractivity (Wildman–Crippen MR) is 147 cm³/mol. The second-order valence-corrected chi connectivity index (χ2v) is 7.99. The lowest BCUT2D eigenvalue weighted by Crippen LogP contribution is -2.18. The lowest BCUT2D eigenvalue weighted by molar-refractivity contribution is -0.121. The quantitative estimate of drug-likeness (QED) is 0.187. The van der Waals surface area contributed by atoms with Crippen molar-refractivity contribution < 1.29 is 38.0 Å². The van der Waals surface area contributed by atoms with E-state index in [0.29, 0.717) is 64.9 Å². The zero-order valence-corrected chi connectivity index (χ0v) is 23.2. The molecule has 2 amide bonds. The number of rotatable bonds is 16. The van der Waals surface area contributed by atoms with Crippen molar-refractivity contribution in [3.05, 3.63) is 35.4 Å². The molecular weight excluding hydrogens is 508 g/mol. The number of hydrazone groups is 2. The fraction of sp³-hybridized carbons (Fsp3) is 0.407. The predicted octanol–water partition coefficient (Wildman–Crippen LogP) is 3.29. The molecule has 0 spiro atoms. The topological polar surface area (TPSA) is 138 Å². The second-order valence-electron chi connectivity index (χ2n) is 7.99. The average Bonchev–Trinajstić information content (AvgIpc) is 2.95. The Labute approximate surface area is 228 Å². The fourth-order valence-electron chi connectivity index (χ4n) is 3.66. The van der Waals surface area contributed by atoms with Crippen LogP contribution in [0.25, 0.3) is 0 Å². The standard InChI is InChI=1S/C27H36N4O8/c1-34-20-14-12-18(24(36-3)26(20)38-5)16-28-30-22(32)10-8-7-9-11-23(33)31-29-17-19-13-15-21(35-2)27(39-6)25(19)37-4/h12-17H,7-11H2,1-6H3,(H,30,32)(H,31,33)/b28-16+,29-17+. The third-order valence-corrected chi connectivity index (χ3v) is 5.56. The van der Waals surface area contributed by atoms with Crippen LogP contribution in [0.15, 0.2) is 34.5 Å². The van der Waals surface area contributed by atoms with Gasteiger partial charge < -0.3 is 28.4 Å². The first-order valence-corrected chi connectivity index (χ1v) is 12.2. The number of nitrogens with one attached hydrogen (secondary N) is 2. The van der Waals surface area contributed by atoms with E-state index in [1.54, 1.807) is 24.3 Å². The summed E-state index contributed by atoms with van der Waals surface area (Å²) in [6.45, 7) is 0. The summed E-state index contributed by atoms with van der Waals surface area (Å²) in [5, 5.41) is 7.99. The van der Waals surface area contributed by atoms with Crippen molar-refractivity contribution in [3.63, 3.8) is 0 Å². The van der Waals surface area contributed by atoms with E-state index in [1.165, 1.54) is 55.1 Å². The molecular formula is C27H36N4O8. The molecule has 2 aromatic carbocycles. The maximum atomic E-state index is 12.1. The van der Waals surface area contributed by atoms with Gasteiger partial charge in [-0.15, -0.1) is 0 Å². The number of methoxy groups -OCH3 is 6. The van der Waals surface area contributed by atoms with Crippen LogP contribution >= 0.6 is 0 Å². The van der Waals surface area contributed by atoms with Gasteiger partial charge in [-0.1, -0.05) is 6.42 Å². The van der Waals surface area contributed by atoms with Crippen LogP contribution in [0, 0.1) is 0 Å². The number of ether oxygens (including phenoxy) is 6. The molecule has 12 heteroatoms. The van der Waals surface area contributed by atoms with Gasteiger partial charge in [-0.25, -0.2) is 10.9 Å². The number of nitrogens with zero attached hydrogens (tertiary/aromatic N) is 2. The maximum Gasteiger partial charge on any atom is 0.240 e. The molecule has 2 N–H and O–H groups in total. The smallest absolute Gasteiger partial charge is 0.240 e. The Morgan fingerprint density at radius 1 is 0.590 bits per heavy atom. The minimum Gasteiger partial charge on any atom is -0.493 e. The summed E-state index contributed by atoms with van der Waals surface area (Å²) in [5.74, 6) is 2.34. The van der Waals surface area contributed by atoms with Crippen LogP contribution in [0.1, 0.15) is 43.2 Å². The van der Waals surface area contributed by atoms with E-state index in [-0.39, 0.29) is 24.7 Å². The Kier molecular flexibility index (Phi) is 12.9. The summed E-state index contributed by atoms with van der Waals surface area (Å²) in [6, 6.07) is 6.93. The number of carbonyl (C=O) groups is 2. The molecule has 39 heavy (non-hydrogen) atoms. The van der Waals surface area contributed by atoms with Crippen LogP contribution in [-0.2, 0) is 9.59 Å². The van der Waals surface area contributed by atoms with Crippen molar-refractivity contribution >= 4 is 24.2 Å². The third kappa shape index (κ3) is 8.80. The zero-order valence-electron chi connectivity index (χ0n) is 23.2. The first-order chi connectivity index (χ1) is 18.9. The van der Waals surface area contributed by atoms with Crippen molar-refractivity contribution in [2.75, 3.05) is 42.7 Å². The monoisotopic (exact) mass is 544 g/mol. The molecule has 12 nitrogen and oxygen atoms in total. The van der Waals surface area contributed by atoms with E-state index in [2.05, 4.69) is 21.1 Å². The molecule has 212 valence electrons. The largest absolute Gasteiger partial charge is 0.493 e. The Hall–Kier alpha value is -4.48. The highest BCUT2D eigenvalue weighted by Gasteiger charge is 2.15. The van der Waals surface area contributed by atoms with Gasteiger partial charge in [0.2, 0.25) is 23.3 Å². The lowest BCUT2D eigenvalue weighted by atomic mass is 10.1. The molecule has 0 radical (unpaired) electrons. The van der Waals surface area contributed by atoms with Crippen LogP contribution in [0.2, 0.25) is 0 Å². The van der Waals surface area contributed by atoms with Crippen molar-refractivity contribution in [1.82, 2.24) is 10.9 Å². The third-order valence-electron chi connectivity index (χ3n) is 5.56. The van der Waals surface area contributed by atoms with Crippen molar-refractivity contribution in [1.29, 1.82) is 0 Å². The molecule has 2 aromatic rings. The summed E-state index contributed by atoms with van der Waals surface area (Å²) in [5.41, 5.74) is 6.23. The van der Waals surface area contributed by atoms with Gasteiger partial charge in [0, 0.05) is 24.0 Å². The normalized spacial score (nSPS) is 10.8. The van der Waals surface area contributed by atoms with Gasteiger partial charge in [0.05, 0.1) is 55.1 Å². The van der Waals surface area contributed by atoms with Crippen molar-refractivity contribution in [2.45, 2.75) is 32.1 Å². The molecule has 0 aliphatic heterocycles. The number of carbonyl (C=O) groups excluding carboxylic acids is 2. The molecule has 0 aliphatic rings. The van der Waals surface area contributed by atoms with E-state index in [1.807, 2.05) is 0 Å². The first kappa shape index (κ1) is 30.7. The number of amides is 2. The minimum absolute atomic E-state index is 0.233. The molecule has 0 unspecified atom stereocenters. The Balaban J connectivity index is 1.73. The van der Waals surface area contributed by atoms with Crippen LogP contribution in [0.3, 0.4) is 0 Å². The highest BCUT2D eigenvalue weighted by Crippen LogP contribution is 2.39. The van der Waals surface area contributed by atoms with Crippen LogP contribution < -0.4 is 39.3 Å². The molecule has 2 rings (SSSR count). The maximum absolute atomic E-state index is 12.1. The lowest BCUT2D eigenvalue weighted by Gasteiger charge is -2.13. The summed E-state index contributed by atoms with van der Waals surface area (Å²) < 4.78 is 32.0. The van der Waals surface area contributed by atoms with Gasteiger partial charge >= 0.3 is 0 Å². The molecule has 0 saturated heterocycles. The minimum atomic E-state index is -0.233.